The summed E-state index contributed by atoms with van der Waals surface area (Å²) in [6.45, 7) is 10.1. The quantitative estimate of drug-likeness (QED) is 0.322. The van der Waals surface area contributed by atoms with Crippen LogP contribution in [0.4, 0.5) is 5.82 Å². The lowest BCUT2D eigenvalue weighted by molar-refractivity contribution is 0.0984. The van der Waals surface area contributed by atoms with Gasteiger partial charge in [-0.3, -0.25) is 4.79 Å². The minimum Gasteiger partial charge on any atom is -0.383 e. The number of likely N-dealkylation sites (tertiary alicyclic amines) is 1. The molecule has 3 aromatic heterocycles. The molecule has 4 aromatic rings. The molecule has 5 rings (SSSR count). The summed E-state index contributed by atoms with van der Waals surface area (Å²) in [6.07, 6.45) is 3.66. The van der Waals surface area contributed by atoms with E-state index in [4.69, 9.17) is 15.4 Å². The number of hydrogen-bond donors (Lipinski definition) is 1. The highest BCUT2D eigenvalue weighted by molar-refractivity contribution is 5.95. The molecule has 9 nitrogen and oxygen atoms in total. The number of hydrogen-bond acceptors (Lipinski definition) is 8. The van der Waals surface area contributed by atoms with Crippen LogP contribution in [0.2, 0.25) is 0 Å². The van der Waals surface area contributed by atoms with Crippen LogP contribution in [0.1, 0.15) is 78.3 Å². The Kier molecular flexibility index (Phi) is 6.76. The molecule has 0 unspecified atom stereocenters. The van der Waals surface area contributed by atoms with E-state index in [0.29, 0.717) is 28.4 Å². The van der Waals surface area contributed by atoms with Gasteiger partial charge in [0.25, 0.3) is 0 Å². The number of carbonyl (C=O) groups excluding carboxylic acids is 1. The third-order valence-corrected chi connectivity index (χ3v) is 7.07. The van der Waals surface area contributed by atoms with Crippen molar-refractivity contribution < 1.29 is 9.32 Å². The number of aryl methyl sites for hydroxylation is 1. The molecule has 2 N–H and O–H groups in total. The van der Waals surface area contributed by atoms with Gasteiger partial charge in [0.1, 0.15) is 29.3 Å². The molecule has 0 bridgehead atoms. The van der Waals surface area contributed by atoms with Gasteiger partial charge in [-0.15, -0.1) is 0 Å². The summed E-state index contributed by atoms with van der Waals surface area (Å²) in [5.41, 5.74) is 10.3. The number of Topliss-reactive ketones (excluding diaryl/α,β-unsaturated/α-hetero) is 1. The van der Waals surface area contributed by atoms with Crippen LogP contribution in [0.3, 0.4) is 0 Å². The predicted molar refractivity (Wildman–Crippen MR) is 146 cm³/mol. The number of rotatable bonds is 4. The maximum atomic E-state index is 12.9. The highest BCUT2D eigenvalue weighted by atomic mass is 16.5. The van der Waals surface area contributed by atoms with Crippen LogP contribution in [-0.4, -0.2) is 55.7 Å². The maximum absolute atomic E-state index is 12.9. The fraction of sp³-hybridized carbons (Fsp3) is 0.414. The average Bonchev–Trinajstić information content (AvgIpc) is 3.52. The zero-order valence-electron chi connectivity index (χ0n) is 22.6. The van der Waals surface area contributed by atoms with Crippen molar-refractivity contribution >= 4 is 22.6 Å². The van der Waals surface area contributed by atoms with Crippen molar-refractivity contribution in [1.82, 2.24) is 29.8 Å². The summed E-state index contributed by atoms with van der Waals surface area (Å²) in [7, 11) is 2.13. The largest absolute Gasteiger partial charge is 0.383 e. The lowest BCUT2D eigenvalue weighted by Crippen LogP contribution is -2.32. The second-order valence-electron chi connectivity index (χ2n) is 11.1. The van der Waals surface area contributed by atoms with E-state index in [0.717, 1.165) is 48.3 Å². The predicted octanol–water partition coefficient (Wildman–Crippen LogP) is 4.09. The molecule has 0 radical (unpaired) electrons. The molecule has 1 aliphatic heterocycles. The molecule has 38 heavy (non-hydrogen) atoms. The fourth-order valence-electron chi connectivity index (χ4n) is 4.65. The minimum absolute atomic E-state index is 0.0974. The molecular weight excluding hydrogens is 478 g/mol. The summed E-state index contributed by atoms with van der Waals surface area (Å²) in [5, 5.41) is 9.52. The number of nitrogens with two attached hydrogens (primary N) is 1. The summed E-state index contributed by atoms with van der Waals surface area (Å²) < 4.78 is 7.36. The molecule has 0 amide bonds. The van der Waals surface area contributed by atoms with E-state index in [1.807, 2.05) is 50.6 Å². The molecule has 9 heteroatoms. The lowest BCUT2D eigenvalue weighted by atomic mass is 9.92. The van der Waals surface area contributed by atoms with Crippen LogP contribution in [-0.2, 0) is 11.8 Å². The van der Waals surface area contributed by atoms with Crippen LogP contribution in [0.5, 0.6) is 0 Å². The molecular formula is C29H33N7O2. The van der Waals surface area contributed by atoms with Gasteiger partial charge in [0.05, 0.1) is 11.4 Å². The Balaban J connectivity index is 1.43. The first-order valence-corrected chi connectivity index (χ1v) is 12.9. The highest BCUT2D eigenvalue weighted by Crippen LogP contribution is 2.29. The second-order valence-corrected chi connectivity index (χ2v) is 11.1. The van der Waals surface area contributed by atoms with Gasteiger partial charge in [0.2, 0.25) is 0 Å². The molecule has 1 fully saturated rings. The maximum Gasteiger partial charge on any atom is 0.189 e. The van der Waals surface area contributed by atoms with Crippen molar-refractivity contribution in [3.05, 3.63) is 64.4 Å². The first-order chi connectivity index (χ1) is 18.1. The highest BCUT2D eigenvalue weighted by Gasteiger charge is 2.24. The monoisotopic (exact) mass is 511 g/mol. The molecule has 0 saturated carbocycles. The fourth-order valence-corrected chi connectivity index (χ4v) is 4.65. The van der Waals surface area contributed by atoms with E-state index in [-0.39, 0.29) is 23.7 Å². The van der Waals surface area contributed by atoms with Crippen LogP contribution >= 0.6 is 0 Å². The number of anilines is 1. The number of aromatic nitrogens is 5. The number of nitrogens with zero attached hydrogens (tertiary/aromatic N) is 6. The Labute approximate surface area is 222 Å². The molecule has 0 spiro atoms. The van der Waals surface area contributed by atoms with Crippen molar-refractivity contribution in [3.8, 4) is 11.8 Å². The molecule has 196 valence electrons. The number of piperidine rings is 1. The Bertz CT molecular complexity index is 1560. The summed E-state index contributed by atoms with van der Waals surface area (Å²) in [5.74, 6) is 7.44. The zero-order valence-corrected chi connectivity index (χ0v) is 22.6. The Morgan fingerprint density at radius 2 is 1.92 bits per heavy atom. The van der Waals surface area contributed by atoms with E-state index in [1.54, 1.807) is 6.07 Å². The first kappa shape index (κ1) is 25.6. The molecule has 1 saturated heterocycles. The smallest absolute Gasteiger partial charge is 0.189 e. The lowest BCUT2D eigenvalue weighted by Gasteiger charge is -2.29. The van der Waals surface area contributed by atoms with Gasteiger partial charge in [-0.2, -0.15) is 5.10 Å². The standard InChI is InChI=1S/C29H33N7O2/c1-18-6-7-19(15-24(37)23-16-25(38-34-23)29(2,3)4)14-20(18)8-9-22-26-27(30)31-17-32-28(26)36(33-22)21-10-12-35(5)13-11-21/h6-7,14,16-17,21H,10-13,15H2,1-5H3,(H2,30,31,32). The van der Waals surface area contributed by atoms with Gasteiger partial charge in [-0.05, 0) is 63.0 Å². The Hall–Kier alpha value is -4.03. The third-order valence-electron chi connectivity index (χ3n) is 7.07. The average molecular weight is 512 g/mol. The topological polar surface area (TPSA) is 116 Å². The number of ketones is 1. The van der Waals surface area contributed by atoms with E-state index in [2.05, 4.69) is 38.9 Å². The van der Waals surface area contributed by atoms with Crippen molar-refractivity contribution in [2.75, 3.05) is 25.9 Å². The van der Waals surface area contributed by atoms with Gasteiger partial charge in [0.15, 0.2) is 11.4 Å². The first-order valence-electron chi connectivity index (χ1n) is 12.9. The van der Waals surface area contributed by atoms with Crippen molar-refractivity contribution in [1.29, 1.82) is 0 Å². The van der Waals surface area contributed by atoms with Crippen molar-refractivity contribution in [2.45, 2.75) is 58.4 Å². The van der Waals surface area contributed by atoms with Gasteiger partial charge in [-0.25, -0.2) is 14.6 Å². The van der Waals surface area contributed by atoms with Crippen molar-refractivity contribution in [3.63, 3.8) is 0 Å². The third kappa shape index (κ3) is 5.18. The molecule has 4 heterocycles. The van der Waals surface area contributed by atoms with E-state index < -0.39 is 0 Å². The molecule has 1 aliphatic rings. The van der Waals surface area contributed by atoms with Gasteiger partial charge < -0.3 is 15.2 Å². The Morgan fingerprint density at radius 1 is 1.16 bits per heavy atom. The van der Waals surface area contributed by atoms with Gasteiger partial charge in [0, 0.05) is 23.5 Å². The number of carbonyl (C=O) groups is 1. The van der Waals surface area contributed by atoms with E-state index in [9.17, 15) is 4.79 Å². The molecule has 0 aliphatic carbocycles. The molecule has 1 aromatic carbocycles. The SMILES string of the molecule is Cc1ccc(CC(=O)c2cc(C(C)(C)C)on2)cc1C#Cc1nn(C2CCN(C)CC2)c2ncnc(N)c12. The number of nitrogen functional groups attached to an aromatic ring is 1. The Morgan fingerprint density at radius 3 is 2.63 bits per heavy atom. The van der Waals surface area contributed by atoms with Gasteiger partial charge >= 0.3 is 0 Å². The molecule has 0 atom stereocenters. The van der Waals surface area contributed by atoms with E-state index in [1.165, 1.54) is 6.33 Å². The van der Waals surface area contributed by atoms with Crippen molar-refractivity contribution in [2.24, 2.45) is 0 Å². The number of fused-ring (bicyclic) bond motifs is 1. The van der Waals surface area contributed by atoms with Crippen LogP contribution in [0.25, 0.3) is 11.0 Å². The van der Waals surface area contributed by atoms with E-state index >= 15 is 0 Å². The van der Waals surface area contributed by atoms with Crippen LogP contribution < -0.4 is 5.73 Å². The van der Waals surface area contributed by atoms with Crippen LogP contribution in [0.15, 0.2) is 35.1 Å². The van der Waals surface area contributed by atoms with Crippen LogP contribution in [0, 0.1) is 18.8 Å². The summed E-state index contributed by atoms with van der Waals surface area (Å²) in [6, 6.07) is 7.84. The second kappa shape index (κ2) is 10.0. The zero-order chi connectivity index (χ0) is 27.0. The summed E-state index contributed by atoms with van der Waals surface area (Å²) >= 11 is 0. The normalized spacial score (nSPS) is 15.0. The number of benzene rings is 1. The van der Waals surface area contributed by atoms with Gasteiger partial charge in [-0.1, -0.05) is 44.0 Å². The minimum atomic E-state index is -0.211. The summed E-state index contributed by atoms with van der Waals surface area (Å²) in [4.78, 5) is 23.9.